The van der Waals surface area contributed by atoms with Gasteiger partial charge in [-0.15, -0.1) is 6.58 Å². The zero-order valence-electron chi connectivity index (χ0n) is 18.3. The molecule has 0 saturated carbocycles. The van der Waals surface area contributed by atoms with Gasteiger partial charge >= 0.3 is 0 Å². The van der Waals surface area contributed by atoms with Crippen molar-refractivity contribution < 1.29 is 4.74 Å². The molecular weight excluding hydrogens is 354 g/mol. The molecule has 0 aliphatic heterocycles. The van der Waals surface area contributed by atoms with Crippen LogP contribution in [0.2, 0.25) is 0 Å². The van der Waals surface area contributed by atoms with E-state index in [0.29, 0.717) is 6.61 Å². The van der Waals surface area contributed by atoms with Crippen molar-refractivity contribution in [1.29, 1.82) is 0 Å². The molecule has 0 fully saturated rings. The molecule has 0 spiro atoms. The van der Waals surface area contributed by atoms with Gasteiger partial charge in [0.05, 0.1) is 0 Å². The molecule has 2 aromatic rings. The van der Waals surface area contributed by atoms with E-state index in [2.05, 4.69) is 93.7 Å². The molecule has 0 radical (unpaired) electrons. The van der Waals surface area contributed by atoms with E-state index in [0.717, 1.165) is 38.0 Å². The van der Waals surface area contributed by atoms with Crippen molar-refractivity contribution in [3.05, 3.63) is 90.5 Å². The minimum atomic E-state index is 0.692. The van der Waals surface area contributed by atoms with Crippen LogP contribution in [0, 0.1) is 0 Å². The predicted molar refractivity (Wildman–Crippen MR) is 127 cm³/mol. The molecule has 0 unspecified atom stereocenters. The zero-order valence-corrected chi connectivity index (χ0v) is 18.3. The van der Waals surface area contributed by atoms with Crippen molar-refractivity contribution >= 4 is 11.1 Å². The largest absolute Gasteiger partial charge is 0.492 e. The van der Waals surface area contributed by atoms with Crippen molar-refractivity contribution in [2.75, 3.05) is 27.2 Å². The number of nitrogens with zero attached hydrogens (tertiary/aromatic N) is 1. The maximum absolute atomic E-state index is 5.87. The molecule has 2 aromatic carbocycles. The average molecular weight is 390 g/mol. The summed E-state index contributed by atoms with van der Waals surface area (Å²) in [4.78, 5) is 2.12. The van der Waals surface area contributed by atoms with Gasteiger partial charge in [-0.3, -0.25) is 0 Å². The van der Waals surface area contributed by atoms with E-state index in [1.165, 1.54) is 27.8 Å². The minimum Gasteiger partial charge on any atom is -0.492 e. The van der Waals surface area contributed by atoms with Gasteiger partial charge < -0.3 is 9.64 Å². The molecule has 2 rings (SSSR count). The van der Waals surface area contributed by atoms with Crippen LogP contribution in [-0.2, 0) is 0 Å². The lowest BCUT2D eigenvalue weighted by atomic mass is 9.88. The van der Waals surface area contributed by atoms with Crippen LogP contribution in [0.25, 0.3) is 11.1 Å². The second-order valence-corrected chi connectivity index (χ2v) is 7.61. The first kappa shape index (κ1) is 22.7. The van der Waals surface area contributed by atoms with E-state index in [9.17, 15) is 0 Å². The van der Waals surface area contributed by atoms with Crippen LogP contribution in [0.15, 0.2) is 79.4 Å². The summed E-state index contributed by atoms with van der Waals surface area (Å²) in [5.41, 5.74) is 6.51. The van der Waals surface area contributed by atoms with Gasteiger partial charge in [0.25, 0.3) is 0 Å². The van der Waals surface area contributed by atoms with Gasteiger partial charge in [0.2, 0.25) is 0 Å². The fourth-order valence-corrected chi connectivity index (χ4v) is 3.36. The number of rotatable bonds is 12. The Hall–Kier alpha value is -2.58. The van der Waals surface area contributed by atoms with Crippen LogP contribution in [0.5, 0.6) is 5.75 Å². The summed E-state index contributed by atoms with van der Waals surface area (Å²) in [5.74, 6) is 0.915. The summed E-state index contributed by atoms with van der Waals surface area (Å²) in [6.45, 7) is 12.0. The van der Waals surface area contributed by atoms with E-state index in [1.807, 2.05) is 6.08 Å². The van der Waals surface area contributed by atoms with Crippen molar-refractivity contribution in [2.45, 2.75) is 32.6 Å². The van der Waals surface area contributed by atoms with Gasteiger partial charge in [-0.1, -0.05) is 67.6 Å². The predicted octanol–water partition coefficient (Wildman–Crippen LogP) is 6.86. The molecule has 0 atom stereocenters. The minimum absolute atomic E-state index is 0.692. The highest BCUT2D eigenvalue weighted by Gasteiger charge is 2.12. The average Bonchev–Trinajstić information content (AvgIpc) is 2.73. The lowest BCUT2D eigenvalue weighted by Gasteiger charge is -2.18. The monoisotopic (exact) mass is 389 g/mol. The number of benzene rings is 2. The first-order chi connectivity index (χ1) is 14.0. The third kappa shape index (κ3) is 7.40. The standard InChI is InChI=1S/C27H35NO/c1-6-8-12-22(3)21-27(26(7-2)23-13-10-9-11-14-23)24-15-17-25(18-16-24)29-20-19-28(4)5/h6,9-11,13-18H,1,3,7-8,12,19-21H2,2,4-5H3/b27-26-. The summed E-state index contributed by atoms with van der Waals surface area (Å²) in [6.07, 6.45) is 5.77. The molecule has 0 bridgehead atoms. The highest BCUT2D eigenvalue weighted by atomic mass is 16.5. The molecule has 0 saturated heterocycles. The Morgan fingerprint density at radius 3 is 2.21 bits per heavy atom. The third-order valence-electron chi connectivity index (χ3n) is 4.98. The fourth-order valence-electron chi connectivity index (χ4n) is 3.36. The van der Waals surface area contributed by atoms with Gasteiger partial charge in [0.15, 0.2) is 0 Å². The van der Waals surface area contributed by atoms with Crippen LogP contribution in [0.1, 0.15) is 43.7 Å². The number of hydrogen-bond donors (Lipinski definition) is 0. The van der Waals surface area contributed by atoms with Gasteiger partial charge in [-0.05, 0) is 74.2 Å². The molecule has 0 N–H and O–H groups in total. The van der Waals surface area contributed by atoms with Gasteiger partial charge in [0.1, 0.15) is 12.4 Å². The Bertz CT molecular complexity index is 800. The summed E-state index contributed by atoms with van der Waals surface area (Å²) >= 11 is 0. The zero-order chi connectivity index (χ0) is 21.1. The molecule has 29 heavy (non-hydrogen) atoms. The summed E-state index contributed by atoms with van der Waals surface area (Å²) in [5, 5.41) is 0. The number of hydrogen-bond acceptors (Lipinski definition) is 2. The second kappa shape index (κ2) is 12.1. The summed E-state index contributed by atoms with van der Waals surface area (Å²) < 4.78 is 5.87. The molecule has 0 aromatic heterocycles. The first-order valence-corrected chi connectivity index (χ1v) is 10.5. The van der Waals surface area contributed by atoms with Crippen LogP contribution >= 0.6 is 0 Å². The molecular formula is C27H35NO. The number of allylic oxidation sites excluding steroid dienone is 4. The quantitative estimate of drug-likeness (QED) is 0.290. The van der Waals surface area contributed by atoms with E-state index < -0.39 is 0 Å². The lowest BCUT2D eigenvalue weighted by molar-refractivity contribution is 0.261. The van der Waals surface area contributed by atoms with E-state index >= 15 is 0 Å². The Kier molecular flexibility index (Phi) is 9.46. The Labute approximate surface area is 177 Å². The maximum Gasteiger partial charge on any atom is 0.119 e. The molecule has 0 heterocycles. The third-order valence-corrected chi connectivity index (χ3v) is 4.98. The van der Waals surface area contributed by atoms with Crippen molar-refractivity contribution in [2.24, 2.45) is 0 Å². The number of likely N-dealkylation sites (N-methyl/N-ethyl adjacent to an activating group) is 1. The maximum atomic E-state index is 5.87. The molecule has 0 amide bonds. The van der Waals surface area contributed by atoms with Crippen molar-refractivity contribution in [1.82, 2.24) is 4.90 Å². The van der Waals surface area contributed by atoms with Crippen molar-refractivity contribution in [3.63, 3.8) is 0 Å². The summed E-state index contributed by atoms with van der Waals surface area (Å²) in [6, 6.07) is 19.2. The smallest absolute Gasteiger partial charge is 0.119 e. The van der Waals surface area contributed by atoms with Crippen LogP contribution in [0.4, 0.5) is 0 Å². The van der Waals surface area contributed by atoms with Crippen LogP contribution in [-0.4, -0.2) is 32.1 Å². The van der Waals surface area contributed by atoms with Gasteiger partial charge in [-0.25, -0.2) is 0 Å². The van der Waals surface area contributed by atoms with Gasteiger partial charge in [-0.2, -0.15) is 0 Å². The topological polar surface area (TPSA) is 12.5 Å². The Morgan fingerprint density at radius 1 is 0.966 bits per heavy atom. The summed E-state index contributed by atoms with van der Waals surface area (Å²) in [7, 11) is 4.11. The molecule has 2 nitrogen and oxygen atoms in total. The lowest BCUT2D eigenvalue weighted by Crippen LogP contribution is -2.19. The van der Waals surface area contributed by atoms with Crippen LogP contribution in [0.3, 0.4) is 0 Å². The second-order valence-electron chi connectivity index (χ2n) is 7.61. The molecule has 154 valence electrons. The molecule has 2 heteroatoms. The Morgan fingerprint density at radius 2 is 1.62 bits per heavy atom. The number of ether oxygens (including phenoxy) is 1. The first-order valence-electron chi connectivity index (χ1n) is 10.5. The SMILES string of the molecule is C=CCCC(=C)C/C(=C(\CC)c1ccccc1)c1ccc(OCCN(C)C)cc1. The van der Waals surface area contributed by atoms with E-state index in [4.69, 9.17) is 4.74 Å². The Balaban J connectivity index is 2.32. The van der Waals surface area contributed by atoms with E-state index in [1.54, 1.807) is 0 Å². The van der Waals surface area contributed by atoms with Crippen molar-refractivity contribution in [3.8, 4) is 5.75 Å². The molecule has 0 aliphatic carbocycles. The normalized spacial score (nSPS) is 11.9. The highest BCUT2D eigenvalue weighted by Crippen LogP contribution is 2.34. The van der Waals surface area contributed by atoms with Gasteiger partial charge in [0, 0.05) is 6.54 Å². The van der Waals surface area contributed by atoms with Crippen LogP contribution < -0.4 is 4.74 Å². The molecule has 0 aliphatic rings. The fraction of sp³-hybridized carbons (Fsp3) is 0.333. The highest BCUT2D eigenvalue weighted by molar-refractivity contribution is 5.91. The van der Waals surface area contributed by atoms with E-state index in [-0.39, 0.29) is 0 Å².